The number of anilines is 1. The smallest absolute Gasteiger partial charge is 0.227 e. The predicted molar refractivity (Wildman–Crippen MR) is 103 cm³/mol. The van der Waals surface area contributed by atoms with Gasteiger partial charge in [0.25, 0.3) is 0 Å². The van der Waals surface area contributed by atoms with Gasteiger partial charge in [0.1, 0.15) is 10.0 Å². The second-order valence-corrected chi connectivity index (χ2v) is 7.53. The van der Waals surface area contributed by atoms with Crippen LogP contribution >= 0.6 is 11.3 Å². The molecule has 1 fully saturated rings. The van der Waals surface area contributed by atoms with Gasteiger partial charge in [-0.2, -0.15) is 0 Å². The number of hydrogen-bond donors (Lipinski definition) is 1. The van der Waals surface area contributed by atoms with E-state index in [0.717, 1.165) is 21.3 Å². The Morgan fingerprint density at radius 3 is 2.77 bits per heavy atom. The van der Waals surface area contributed by atoms with Crippen LogP contribution in [-0.4, -0.2) is 40.0 Å². The van der Waals surface area contributed by atoms with Crippen molar-refractivity contribution in [2.75, 3.05) is 18.4 Å². The summed E-state index contributed by atoms with van der Waals surface area (Å²) < 4.78 is 0. The predicted octanol–water partition coefficient (Wildman–Crippen LogP) is 3.27. The third-order valence-electron chi connectivity index (χ3n) is 4.44. The number of piperidine rings is 1. The number of carbonyl (C=O) groups excluding carboxylic acids is 2. The molecule has 1 aliphatic heterocycles. The number of nitrogens with zero attached hydrogens (tertiary/aromatic N) is 3. The molecule has 0 radical (unpaired) electrons. The first kappa shape index (κ1) is 18.3. The number of likely N-dealkylation sites (tertiary alicyclic amines) is 1. The first-order valence-electron chi connectivity index (χ1n) is 8.67. The second kappa shape index (κ2) is 8.23. The van der Waals surface area contributed by atoms with Crippen molar-refractivity contribution in [3.05, 3.63) is 41.9 Å². The van der Waals surface area contributed by atoms with Gasteiger partial charge in [-0.15, -0.1) is 16.8 Å². The summed E-state index contributed by atoms with van der Waals surface area (Å²) in [5, 5.41) is 12.9. The van der Waals surface area contributed by atoms with Crippen LogP contribution in [0.1, 0.15) is 24.3 Å². The second-order valence-electron chi connectivity index (χ2n) is 6.34. The zero-order valence-corrected chi connectivity index (χ0v) is 15.6. The molecule has 1 aromatic carbocycles. The molecule has 1 N–H and O–H groups in total. The fourth-order valence-electron chi connectivity index (χ4n) is 3.03. The summed E-state index contributed by atoms with van der Waals surface area (Å²) in [4.78, 5) is 26.3. The number of aryl methyl sites for hydroxylation is 1. The minimum atomic E-state index is -0.0739. The first-order valence-corrected chi connectivity index (χ1v) is 9.48. The van der Waals surface area contributed by atoms with Gasteiger partial charge in [-0.25, -0.2) is 0 Å². The fraction of sp³-hybridized carbons (Fsp3) is 0.368. The summed E-state index contributed by atoms with van der Waals surface area (Å²) in [5.74, 6) is 0.0144. The van der Waals surface area contributed by atoms with Crippen molar-refractivity contribution in [2.45, 2.75) is 26.2 Å². The molecule has 26 heavy (non-hydrogen) atoms. The van der Waals surface area contributed by atoms with Crippen LogP contribution in [0.2, 0.25) is 0 Å². The van der Waals surface area contributed by atoms with E-state index in [0.29, 0.717) is 32.4 Å². The summed E-state index contributed by atoms with van der Waals surface area (Å²) in [6.07, 6.45) is 3.34. The summed E-state index contributed by atoms with van der Waals surface area (Å²) in [5.41, 5.74) is 1.70. The number of aromatic nitrogens is 2. The Morgan fingerprint density at radius 1 is 1.35 bits per heavy atom. The molecule has 2 heterocycles. The SMILES string of the molecule is C=CCC(=O)N1CCC(C(=O)Nc2cccc(-c3nnc(C)s3)c2)CC1. The van der Waals surface area contributed by atoms with E-state index in [1.807, 2.05) is 36.1 Å². The Morgan fingerprint density at radius 2 is 2.12 bits per heavy atom. The van der Waals surface area contributed by atoms with E-state index in [1.165, 1.54) is 11.3 Å². The van der Waals surface area contributed by atoms with Crippen molar-refractivity contribution in [3.8, 4) is 10.6 Å². The van der Waals surface area contributed by atoms with Crippen LogP contribution in [0.3, 0.4) is 0 Å². The molecular formula is C19H22N4O2S. The van der Waals surface area contributed by atoms with E-state index < -0.39 is 0 Å². The number of nitrogens with one attached hydrogen (secondary N) is 1. The van der Waals surface area contributed by atoms with E-state index >= 15 is 0 Å². The Balaban J connectivity index is 1.59. The minimum absolute atomic E-state index is 0.00594. The van der Waals surface area contributed by atoms with E-state index in [9.17, 15) is 9.59 Å². The van der Waals surface area contributed by atoms with Gasteiger partial charge in [0, 0.05) is 36.7 Å². The Labute approximate surface area is 156 Å². The molecule has 3 rings (SSSR count). The van der Waals surface area contributed by atoms with Crippen molar-refractivity contribution in [1.82, 2.24) is 15.1 Å². The summed E-state index contributed by atoms with van der Waals surface area (Å²) in [7, 11) is 0. The summed E-state index contributed by atoms with van der Waals surface area (Å²) >= 11 is 1.52. The average molecular weight is 370 g/mol. The highest BCUT2D eigenvalue weighted by molar-refractivity contribution is 7.14. The maximum atomic E-state index is 12.6. The Hall–Kier alpha value is -2.54. The largest absolute Gasteiger partial charge is 0.342 e. The van der Waals surface area contributed by atoms with Crippen molar-refractivity contribution >= 4 is 28.8 Å². The molecule has 136 valence electrons. The lowest BCUT2D eigenvalue weighted by atomic mass is 9.95. The van der Waals surface area contributed by atoms with E-state index in [4.69, 9.17) is 0 Å². The maximum Gasteiger partial charge on any atom is 0.227 e. The minimum Gasteiger partial charge on any atom is -0.342 e. The van der Waals surface area contributed by atoms with Gasteiger partial charge < -0.3 is 10.2 Å². The molecule has 1 aromatic heterocycles. The standard InChI is InChI=1S/C19H22N4O2S/c1-3-5-17(24)23-10-8-14(9-11-23)18(25)20-16-7-4-6-15(12-16)19-22-21-13(2)26-19/h3-4,6-7,12,14H,1,5,8-11H2,2H3,(H,20,25). The van der Waals surface area contributed by atoms with Gasteiger partial charge in [-0.05, 0) is 31.9 Å². The van der Waals surface area contributed by atoms with E-state index in [2.05, 4.69) is 22.1 Å². The molecule has 6 nitrogen and oxygen atoms in total. The number of rotatable bonds is 5. The zero-order valence-electron chi connectivity index (χ0n) is 14.8. The van der Waals surface area contributed by atoms with Crippen molar-refractivity contribution in [2.24, 2.45) is 5.92 Å². The van der Waals surface area contributed by atoms with Gasteiger partial charge in [-0.3, -0.25) is 9.59 Å². The molecule has 0 spiro atoms. The number of carbonyl (C=O) groups is 2. The number of hydrogen-bond acceptors (Lipinski definition) is 5. The van der Waals surface area contributed by atoms with Crippen LogP contribution in [-0.2, 0) is 9.59 Å². The molecule has 0 atom stereocenters. The highest BCUT2D eigenvalue weighted by atomic mass is 32.1. The summed E-state index contributed by atoms with van der Waals surface area (Å²) in [6.45, 7) is 6.75. The van der Waals surface area contributed by atoms with Crippen LogP contribution in [0.25, 0.3) is 10.6 Å². The average Bonchev–Trinajstić information content (AvgIpc) is 3.09. The van der Waals surface area contributed by atoms with Gasteiger partial charge >= 0.3 is 0 Å². The van der Waals surface area contributed by atoms with Crippen molar-refractivity contribution in [1.29, 1.82) is 0 Å². The topological polar surface area (TPSA) is 75.2 Å². The van der Waals surface area contributed by atoms with Gasteiger partial charge in [-0.1, -0.05) is 29.5 Å². The fourth-order valence-corrected chi connectivity index (χ4v) is 3.72. The monoisotopic (exact) mass is 370 g/mol. The molecule has 0 saturated carbocycles. The molecule has 2 aromatic rings. The van der Waals surface area contributed by atoms with Crippen LogP contribution in [0, 0.1) is 12.8 Å². The van der Waals surface area contributed by atoms with E-state index in [-0.39, 0.29) is 17.7 Å². The van der Waals surface area contributed by atoms with Gasteiger partial charge in [0.15, 0.2) is 0 Å². The van der Waals surface area contributed by atoms with Crippen LogP contribution in [0.15, 0.2) is 36.9 Å². The maximum absolute atomic E-state index is 12.6. The molecule has 0 aliphatic carbocycles. The lowest BCUT2D eigenvalue weighted by molar-refractivity contribution is -0.133. The van der Waals surface area contributed by atoms with Crippen molar-refractivity contribution in [3.63, 3.8) is 0 Å². The number of amides is 2. The molecule has 2 amide bonds. The quantitative estimate of drug-likeness (QED) is 0.820. The Bertz CT molecular complexity index is 809. The third kappa shape index (κ3) is 4.35. The van der Waals surface area contributed by atoms with Gasteiger partial charge in [0.2, 0.25) is 11.8 Å². The Kier molecular flexibility index (Phi) is 5.78. The highest BCUT2D eigenvalue weighted by Gasteiger charge is 2.26. The lowest BCUT2D eigenvalue weighted by Crippen LogP contribution is -2.41. The molecule has 1 saturated heterocycles. The first-order chi connectivity index (χ1) is 12.6. The highest BCUT2D eigenvalue weighted by Crippen LogP contribution is 2.26. The number of benzene rings is 1. The lowest BCUT2D eigenvalue weighted by Gasteiger charge is -2.31. The van der Waals surface area contributed by atoms with Crippen molar-refractivity contribution < 1.29 is 9.59 Å². The zero-order chi connectivity index (χ0) is 18.5. The molecular weight excluding hydrogens is 348 g/mol. The van der Waals surface area contributed by atoms with Crippen LogP contribution in [0.5, 0.6) is 0 Å². The summed E-state index contributed by atoms with van der Waals surface area (Å²) in [6, 6.07) is 7.65. The molecule has 0 unspecified atom stereocenters. The molecule has 7 heteroatoms. The van der Waals surface area contributed by atoms with Crippen LogP contribution < -0.4 is 5.32 Å². The normalized spacial score (nSPS) is 14.9. The molecule has 0 bridgehead atoms. The third-order valence-corrected chi connectivity index (χ3v) is 5.33. The van der Waals surface area contributed by atoms with Crippen LogP contribution in [0.4, 0.5) is 5.69 Å². The van der Waals surface area contributed by atoms with E-state index in [1.54, 1.807) is 6.08 Å². The van der Waals surface area contributed by atoms with Gasteiger partial charge in [0.05, 0.1) is 0 Å². The molecule has 1 aliphatic rings.